The van der Waals surface area contributed by atoms with Gasteiger partial charge in [-0.3, -0.25) is 14.5 Å². The first kappa shape index (κ1) is 18.5. The molecular weight excluding hydrogens is 342 g/mol. The number of hydrogen-bond donors (Lipinski definition) is 0. The number of thioether (sulfide) groups is 1. The van der Waals surface area contributed by atoms with Crippen LogP contribution in [0.5, 0.6) is 0 Å². The Morgan fingerprint density at radius 1 is 0.962 bits per heavy atom. The summed E-state index contributed by atoms with van der Waals surface area (Å²) in [7, 11) is 0. The van der Waals surface area contributed by atoms with Gasteiger partial charge in [-0.25, -0.2) is 0 Å². The van der Waals surface area contributed by atoms with E-state index in [1.165, 1.54) is 10.5 Å². The van der Waals surface area contributed by atoms with Crippen LogP contribution in [0, 0.1) is 6.92 Å². The van der Waals surface area contributed by atoms with Crippen LogP contribution in [0.2, 0.25) is 0 Å². The zero-order valence-corrected chi connectivity index (χ0v) is 16.4. The molecule has 0 saturated carbocycles. The summed E-state index contributed by atoms with van der Waals surface area (Å²) in [5, 5.41) is -0.215. The van der Waals surface area contributed by atoms with E-state index in [1.54, 1.807) is 6.08 Å². The summed E-state index contributed by atoms with van der Waals surface area (Å²) < 4.78 is 0. The molecule has 3 nitrogen and oxygen atoms in total. The first-order valence-electron chi connectivity index (χ1n) is 8.65. The normalized spacial score (nSPS) is 16.6. The predicted octanol–water partition coefficient (Wildman–Crippen LogP) is 5.53. The van der Waals surface area contributed by atoms with Crippen LogP contribution in [0.1, 0.15) is 43.0 Å². The smallest absolute Gasteiger partial charge is 0.268 e. The zero-order valence-electron chi connectivity index (χ0n) is 15.6. The third kappa shape index (κ3) is 4.07. The molecule has 26 heavy (non-hydrogen) atoms. The summed E-state index contributed by atoms with van der Waals surface area (Å²) >= 11 is 1.01. The van der Waals surface area contributed by atoms with Gasteiger partial charge in [0.2, 0.25) is 0 Å². The SMILES string of the molecule is Cc1ccc(CN2C(=O)S/C(=C\c3ccc(C(C)(C)C)cc3)C2=O)cc1. The fourth-order valence-corrected chi connectivity index (χ4v) is 3.58. The quantitative estimate of drug-likeness (QED) is 0.671. The van der Waals surface area contributed by atoms with Crippen LogP contribution in [-0.2, 0) is 16.8 Å². The number of carbonyl (C=O) groups excluding carboxylic acids is 2. The van der Waals surface area contributed by atoms with Crippen molar-refractivity contribution in [2.45, 2.75) is 39.7 Å². The Morgan fingerprint density at radius 2 is 1.58 bits per heavy atom. The molecule has 0 N–H and O–H groups in total. The van der Waals surface area contributed by atoms with Crippen LogP contribution in [0.3, 0.4) is 0 Å². The monoisotopic (exact) mass is 365 g/mol. The number of rotatable bonds is 3. The number of hydrogen-bond acceptors (Lipinski definition) is 3. The molecule has 2 aromatic rings. The molecule has 0 unspecified atom stereocenters. The van der Waals surface area contributed by atoms with E-state index in [-0.39, 0.29) is 16.6 Å². The van der Waals surface area contributed by atoms with E-state index in [9.17, 15) is 9.59 Å². The van der Waals surface area contributed by atoms with Crippen molar-refractivity contribution < 1.29 is 9.59 Å². The first-order chi connectivity index (χ1) is 12.2. The average molecular weight is 365 g/mol. The lowest BCUT2D eigenvalue weighted by molar-refractivity contribution is -0.123. The lowest BCUT2D eigenvalue weighted by atomic mass is 9.87. The van der Waals surface area contributed by atoms with E-state index >= 15 is 0 Å². The zero-order chi connectivity index (χ0) is 18.9. The summed E-state index contributed by atoms with van der Waals surface area (Å²) in [6.45, 7) is 8.82. The molecule has 0 aromatic heterocycles. The van der Waals surface area contributed by atoms with Crippen molar-refractivity contribution in [1.82, 2.24) is 4.90 Å². The highest BCUT2D eigenvalue weighted by Gasteiger charge is 2.34. The summed E-state index contributed by atoms with van der Waals surface area (Å²) in [6.07, 6.45) is 1.80. The molecule has 1 saturated heterocycles. The third-order valence-corrected chi connectivity index (χ3v) is 5.32. The van der Waals surface area contributed by atoms with Gasteiger partial charge in [-0.15, -0.1) is 0 Å². The Morgan fingerprint density at radius 3 is 2.15 bits per heavy atom. The number of carbonyl (C=O) groups is 2. The molecule has 3 rings (SSSR count). The van der Waals surface area contributed by atoms with E-state index < -0.39 is 0 Å². The Bertz CT molecular complexity index is 859. The van der Waals surface area contributed by atoms with E-state index in [4.69, 9.17) is 0 Å². The van der Waals surface area contributed by atoms with Crippen LogP contribution in [0.4, 0.5) is 4.79 Å². The van der Waals surface area contributed by atoms with Crippen molar-refractivity contribution in [3.63, 3.8) is 0 Å². The predicted molar refractivity (Wildman–Crippen MR) is 108 cm³/mol. The Balaban J connectivity index is 1.77. The van der Waals surface area contributed by atoms with Crippen molar-refractivity contribution in [3.05, 3.63) is 75.7 Å². The standard InChI is InChI=1S/C22H23NO2S/c1-15-5-7-17(8-6-15)14-23-20(24)19(26-21(23)25)13-16-9-11-18(12-10-16)22(2,3)4/h5-13H,14H2,1-4H3/b19-13-. The van der Waals surface area contributed by atoms with E-state index in [2.05, 4.69) is 32.9 Å². The van der Waals surface area contributed by atoms with Crippen molar-refractivity contribution >= 4 is 29.0 Å². The van der Waals surface area contributed by atoms with E-state index in [0.717, 1.165) is 28.5 Å². The van der Waals surface area contributed by atoms with Gasteiger partial charge in [0.15, 0.2) is 0 Å². The molecule has 0 aliphatic carbocycles. The van der Waals surface area contributed by atoms with E-state index in [0.29, 0.717) is 11.4 Å². The molecule has 0 radical (unpaired) electrons. The summed E-state index contributed by atoms with van der Waals surface area (Å²) in [6, 6.07) is 16.0. The van der Waals surface area contributed by atoms with Crippen molar-refractivity contribution in [2.75, 3.05) is 0 Å². The highest BCUT2D eigenvalue weighted by molar-refractivity contribution is 8.18. The minimum Gasteiger partial charge on any atom is -0.268 e. The number of amides is 2. The molecule has 0 spiro atoms. The molecule has 1 aliphatic heterocycles. The number of aryl methyl sites for hydroxylation is 1. The lowest BCUT2D eigenvalue weighted by Crippen LogP contribution is -2.27. The van der Waals surface area contributed by atoms with Gasteiger partial charge in [-0.1, -0.05) is 74.9 Å². The van der Waals surface area contributed by atoms with Gasteiger partial charge >= 0.3 is 0 Å². The Kier molecular flexibility index (Phi) is 5.05. The van der Waals surface area contributed by atoms with Crippen LogP contribution < -0.4 is 0 Å². The summed E-state index contributed by atoms with van der Waals surface area (Å²) in [4.78, 5) is 26.7. The van der Waals surface area contributed by atoms with Crippen LogP contribution >= 0.6 is 11.8 Å². The van der Waals surface area contributed by atoms with Gasteiger partial charge in [0.1, 0.15) is 0 Å². The molecule has 4 heteroatoms. The van der Waals surface area contributed by atoms with Crippen molar-refractivity contribution in [2.24, 2.45) is 0 Å². The van der Waals surface area contributed by atoms with Gasteiger partial charge in [0.25, 0.3) is 11.1 Å². The van der Waals surface area contributed by atoms with Crippen LogP contribution in [-0.4, -0.2) is 16.0 Å². The van der Waals surface area contributed by atoms with Gasteiger partial charge in [-0.05, 0) is 46.9 Å². The Labute approximate surface area is 159 Å². The molecule has 0 bridgehead atoms. The topological polar surface area (TPSA) is 37.4 Å². The largest absolute Gasteiger partial charge is 0.293 e. The average Bonchev–Trinajstić information content (AvgIpc) is 2.84. The third-order valence-electron chi connectivity index (χ3n) is 4.41. The molecular formula is C22H23NO2S. The molecule has 1 heterocycles. The number of imide groups is 1. The maximum Gasteiger partial charge on any atom is 0.293 e. The fraction of sp³-hybridized carbons (Fsp3) is 0.273. The number of benzene rings is 2. The van der Waals surface area contributed by atoms with E-state index in [1.807, 2.05) is 43.3 Å². The van der Waals surface area contributed by atoms with Gasteiger partial charge in [0.05, 0.1) is 11.4 Å². The lowest BCUT2D eigenvalue weighted by Gasteiger charge is -2.18. The maximum atomic E-state index is 12.6. The highest BCUT2D eigenvalue weighted by Crippen LogP contribution is 2.33. The van der Waals surface area contributed by atoms with Gasteiger partial charge < -0.3 is 0 Å². The van der Waals surface area contributed by atoms with Crippen molar-refractivity contribution in [3.8, 4) is 0 Å². The molecule has 2 aromatic carbocycles. The second-order valence-corrected chi connectivity index (χ2v) is 8.62. The van der Waals surface area contributed by atoms with Crippen LogP contribution in [0.25, 0.3) is 6.08 Å². The first-order valence-corrected chi connectivity index (χ1v) is 9.47. The molecule has 2 amide bonds. The van der Waals surface area contributed by atoms with Crippen molar-refractivity contribution in [1.29, 1.82) is 0 Å². The Hall–Kier alpha value is -2.33. The second-order valence-electron chi connectivity index (χ2n) is 7.63. The molecule has 134 valence electrons. The summed E-state index contributed by atoms with van der Waals surface area (Å²) in [5.74, 6) is -0.222. The maximum absolute atomic E-state index is 12.6. The van der Waals surface area contributed by atoms with Gasteiger partial charge in [0, 0.05) is 0 Å². The minimum absolute atomic E-state index is 0.0877. The molecule has 1 fully saturated rings. The van der Waals surface area contributed by atoms with Crippen LogP contribution in [0.15, 0.2) is 53.4 Å². The fourth-order valence-electron chi connectivity index (χ4n) is 2.74. The van der Waals surface area contributed by atoms with Gasteiger partial charge in [-0.2, -0.15) is 0 Å². The second kappa shape index (κ2) is 7.12. The molecule has 1 aliphatic rings. The highest BCUT2D eigenvalue weighted by atomic mass is 32.2. The summed E-state index contributed by atoms with van der Waals surface area (Å²) in [5.41, 5.74) is 4.36. The number of nitrogens with zero attached hydrogens (tertiary/aromatic N) is 1. The molecule has 0 atom stereocenters. The minimum atomic E-state index is -0.222.